The second kappa shape index (κ2) is 10.6. The molecule has 0 heterocycles. The Balaban J connectivity index is 1.75. The van der Waals surface area contributed by atoms with Crippen LogP contribution in [0.5, 0.6) is 11.5 Å². The third-order valence-corrected chi connectivity index (χ3v) is 4.24. The molecule has 0 saturated carbocycles. The summed E-state index contributed by atoms with van der Waals surface area (Å²) >= 11 is 0. The zero-order chi connectivity index (χ0) is 19.6. The monoisotopic (exact) mass is 369 g/mol. The van der Waals surface area contributed by atoms with Crippen LogP contribution in [0.25, 0.3) is 0 Å². The molecule has 0 aromatic heterocycles. The van der Waals surface area contributed by atoms with Crippen molar-refractivity contribution in [1.29, 1.82) is 0 Å². The lowest BCUT2D eigenvalue weighted by Gasteiger charge is -2.17. The molecule has 0 aliphatic heterocycles. The number of amides is 1. The van der Waals surface area contributed by atoms with Crippen molar-refractivity contribution in [3.05, 3.63) is 59.7 Å². The van der Waals surface area contributed by atoms with E-state index >= 15 is 0 Å². The molecule has 146 valence electrons. The first-order chi connectivity index (χ1) is 13.0. The number of benzene rings is 2. The van der Waals surface area contributed by atoms with Crippen LogP contribution in [-0.4, -0.2) is 24.7 Å². The molecular formula is C23H31NO3. The molecule has 1 N–H and O–H groups in total. The normalized spacial score (nSPS) is 11.9. The van der Waals surface area contributed by atoms with Gasteiger partial charge in [0.15, 0.2) is 6.10 Å². The number of carbonyl (C=O) groups is 1. The Hall–Kier alpha value is -2.49. The van der Waals surface area contributed by atoms with Gasteiger partial charge in [0.25, 0.3) is 5.91 Å². The number of carbonyl (C=O) groups excluding carboxylic acids is 1. The molecule has 2 rings (SSSR count). The zero-order valence-corrected chi connectivity index (χ0v) is 16.8. The van der Waals surface area contributed by atoms with Gasteiger partial charge in [0.05, 0.1) is 6.10 Å². The lowest BCUT2D eigenvalue weighted by Crippen LogP contribution is -2.37. The Morgan fingerprint density at radius 2 is 1.81 bits per heavy atom. The van der Waals surface area contributed by atoms with E-state index in [9.17, 15) is 4.79 Å². The lowest BCUT2D eigenvalue weighted by atomic mass is 10.1. The van der Waals surface area contributed by atoms with Gasteiger partial charge < -0.3 is 14.8 Å². The number of hydrogen-bond donors (Lipinski definition) is 1. The van der Waals surface area contributed by atoms with Crippen molar-refractivity contribution >= 4 is 5.91 Å². The molecule has 0 bridgehead atoms. The first-order valence-corrected chi connectivity index (χ1v) is 9.77. The fraction of sp³-hybridized carbons (Fsp3) is 0.435. The van der Waals surface area contributed by atoms with Gasteiger partial charge in [0.1, 0.15) is 11.5 Å². The van der Waals surface area contributed by atoms with Crippen LogP contribution >= 0.6 is 0 Å². The predicted octanol–water partition coefficient (Wildman–Crippen LogP) is 4.55. The van der Waals surface area contributed by atoms with Gasteiger partial charge in [-0.3, -0.25) is 4.79 Å². The van der Waals surface area contributed by atoms with E-state index in [1.165, 1.54) is 5.56 Å². The van der Waals surface area contributed by atoms with Crippen molar-refractivity contribution in [3.8, 4) is 11.5 Å². The van der Waals surface area contributed by atoms with Crippen LogP contribution in [0.15, 0.2) is 48.5 Å². The van der Waals surface area contributed by atoms with Crippen LogP contribution in [0, 0.1) is 0 Å². The van der Waals surface area contributed by atoms with Gasteiger partial charge in [-0.1, -0.05) is 37.3 Å². The second-order valence-electron chi connectivity index (χ2n) is 6.93. The molecule has 4 nitrogen and oxygen atoms in total. The van der Waals surface area contributed by atoms with E-state index in [1.54, 1.807) is 6.92 Å². The Kier molecular flexibility index (Phi) is 8.18. The molecule has 0 radical (unpaired) electrons. The Morgan fingerprint density at radius 1 is 1.04 bits per heavy atom. The molecule has 2 aromatic rings. The minimum atomic E-state index is -0.513. The molecule has 0 saturated heterocycles. The van der Waals surface area contributed by atoms with E-state index in [-0.39, 0.29) is 12.0 Å². The highest BCUT2D eigenvalue weighted by molar-refractivity contribution is 5.80. The van der Waals surface area contributed by atoms with Crippen LogP contribution in [0.3, 0.4) is 0 Å². The molecule has 1 atom stereocenters. The Labute approximate surface area is 162 Å². The fourth-order valence-corrected chi connectivity index (χ4v) is 2.85. The molecule has 0 spiro atoms. The summed E-state index contributed by atoms with van der Waals surface area (Å²) in [4.78, 5) is 12.3. The van der Waals surface area contributed by atoms with Gasteiger partial charge >= 0.3 is 0 Å². The molecular weight excluding hydrogens is 338 g/mol. The number of nitrogens with one attached hydrogen (secondary N) is 1. The van der Waals surface area contributed by atoms with Crippen molar-refractivity contribution in [2.24, 2.45) is 0 Å². The first kappa shape index (κ1) is 20.8. The quantitative estimate of drug-likeness (QED) is 0.625. The van der Waals surface area contributed by atoms with E-state index in [4.69, 9.17) is 9.47 Å². The molecule has 4 heteroatoms. The van der Waals surface area contributed by atoms with Gasteiger partial charge in [-0.15, -0.1) is 0 Å². The zero-order valence-electron chi connectivity index (χ0n) is 16.8. The highest BCUT2D eigenvalue weighted by Crippen LogP contribution is 2.20. The molecule has 1 amide bonds. The van der Waals surface area contributed by atoms with Crippen molar-refractivity contribution in [1.82, 2.24) is 5.32 Å². The summed E-state index contributed by atoms with van der Waals surface area (Å²) in [5, 5.41) is 2.96. The van der Waals surface area contributed by atoms with E-state index in [0.717, 1.165) is 36.3 Å². The first-order valence-electron chi connectivity index (χ1n) is 9.77. The molecule has 0 aliphatic rings. The van der Waals surface area contributed by atoms with Crippen LogP contribution < -0.4 is 14.8 Å². The van der Waals surface area contributed by atoms with Crippen LogP contribution in [0.2, 0.25) is 0 Å². The van der Waals surface area contributed by atoms with Gasteiger partial charge in [0, 0.05) is 6.54 Å². The maximum Gasteiger partial charge on any atom is 0.260 e. The van der Waals surface area contributed by atoms with E-state index in [1.807, 2.05) is 50.2 Å². The van der Waals surface area contributed by atoms with Crippen molar-refractivity contribution in [3.63, 3.8) is 0 Å². The molecule has 2 aromatic carbocycles. The third-order valence-electron chi connectivity index (χ3n) is 4.24. The summed E-state index contributed by atoms with van der Waals surface area (Å²) in [6.45, 7) is 8.52. The Bertz CT molecular complexity index is 727. The van der Waals surface area contributed by atoms with Gasteiger partial charge in [-0.2, -0.15) is 0 Å². The van der Waals surface area contributed by atoms with Crippen molar-refractivity contribution in [2.45, 2.75) is 59.2 Å². The van der Waals surface area contributed by atoms with Gasteiger partial charge in [0.2, 0.25) is 0 Å². The smallest absolute Gasteiger partial charge is 0.260 e. The second-order valence-corrected chi connectivity index (χ2v) is 6.93. The number of para-hydroxylation sites is 1. The summed E-state index contributed by atoms with van der Waals surface area (Å²) in [6.07, 6.45) is 2.29. The summed E-state index contributed by atoms with van der Waals surface area (Å²) in [7, 11) is 0. The highest BCUT2D eigenvalue weighted by atomic mass is 16.5. The van der Waals surface area contributed by atoms with Gasteiger partial charge in [-0.05, 0) is 69.4 Å². The summed E-state index contributed by atoms with van der Waals surface area (Å²) < 4.78 is 11.6. The number of ether oxygens (including phenoxy) is 2. The lowest BCUT2D eigenvalue weighted by molar-refractivity contribution is -0.127. The molecule has 0 aliphatic carbocycles. The minimum Gasteiger partial charge on any atom is -0.491 e. The maximum atomic E-state index is 12.3. The summed E-state index contributed by atoms with van der Waals surface area (Å²) in [6, 6.07) is 16.0. The largest absolute Gasteiger partial charge is 0.491 e. The summed E-state index contributed by atoms with van der Waals surface area (Å²) in [5.74, 6) is 1.59. The van der Waals surface area contributed by atoms with E-state index in [0.29, 0.717) is 6.54 Å². The van der Waals surface area contributed by atoms with Crippen molar-refractivity contribution in [2.75, 3.05) is 6.54 Å². The Morgan fingerprint density at radius 3 is 2.56 bits per heavy atom. The third kappa shape index (κ3) is 6.97. The molecule has 27 heavy (non-hydrogen) atoms. The number of aryl methyl sites for hydroxylation is 2. The number of rotatable bonds is 10. The molecule has 0 fully saturated rings. The summed E-state index contributed by atoms with van der Waals surface area (Å²) in [5.41, 5.74) is 2.32. The average molecular weight is 370 g/mol. The SMILES string of the molecule is CCc1ccccc1O[C@H](C)C(=O)NCCCc1cccc(OC(C)C)c1. The van der Waals surface area contributed by atoms with Crippen LogP contribution in [-0.2, 0) is 17.6 Å². The van der Waals surface area contributed by atoms with E-state index < -0.39 is 6.10 Å². The van der Waals surface area contributed by atoms with Crippen LogP contribution in [0.1, 0.15) is 45.2 Å². The highest BCUT2D eigenvalue weighted by Gasteiger charge is 2.15. The van der Waals surface area contributed by atoms with Crippen LogP contribution in [0.4, 0.5) is 0 Å². The van der Waals surface area contributed by atoms with E-state index in [2.05, 4.69) is 24.4 Å². The molecule has 0 unspecified atom stereocenters. The van der Waals surface area contributed by atoms with Gasteiger partial charge in [-0.25, -0.2) is 0 Å². The number of hydrogen-bond acceptors (Lipinski definition) is 3. The van der Waals surface area contributed by atoms with Crippen molar-refractivity contribution < 1.29 is 14.3 Å². The standard InChI is InChI=1S/C23H31NO3/c1-5-20-12-6-7-14-22(20)27-18(4)23(25)24-15-9-11-19-10-8-13-21(16-19)26-17(2)3/h6-8,10,12-14,16-18H,5,9,11,15H2,1-4H3,(H,24,25)/t18-/m1/s1. The maximum absolute atomic E-state index is 12.3. The minimum absolute atomic E-state index is 0.0854. The fourth-order valence-electron chi connectivity index (χ4n) is 2.85. The topological polar surface area (TPSA) is 47.6 Å². The predicted molar refractivity (Wildman–Crippen MR) is 109 cm³/mol. The average Bonchev–Trinajstić information content (AvgIpc) is 2.65.